The topological polar surface area (TPSA) is 35.5 Å². The number of methoxy groups -OCH3 is 1. The highest BCUT2D eigenvalue weighted by atomic mass is 16.5. The molecule has 0 atom stereocenters. The molecule has 0 saturated carbocycles. The van der Waals surface area contributed by atoms with Gasteiger partial charge in [-0.15, -0.1) is 0 Å². The van der Waals surface area contributed by atoms with Gasteiger partial charge in [-0.05, 0) is 36.6 Å². The Morgan fingerprint density at radius 2 is 1.89 bits per heavy atom. The maximum atomic E-state index is 11.8. The second kappa shape index (κ2) is 6.84. The van der Waals surface area contributed by atoms with Crippen molar-refractivity contribution in [1.82, 2.24) is 0 Å². The number of hydrogen-bond donors (Lipinski definition) is 0. The summed E-state index contributed by atoms with van der Waals surface area (Å²) in [6, 6.07) is 7.57. The second-order valence-electron chi connectivity index (χ2n) is 4.25. The average molecular weight is 248 g/mol. The van der Waals surface area contributed by atoms with E-state index < -0.39 is 0 Å². The Labute approximate surface area is 108 Å². The SMILES string of the molecule is CCOC(=O)C(=Cc1ccc(OC)cc1)C(C)C. The molecule has 3 heteroatoms. The van der Waals surface area contributed by atoms with Crippen LogP contribution in [0.5, 0.6) is 5.75 Å². The third kappa shape index (κ3) is 3.91. The van der Waals surface area contributed by atoms with Crippen LogP contribution in [-0.2, 0) is 9.53 Å². The van der Waals surface area contributed by atoms with Crippen molar-refractivity contribution >= 4 is 12.0 Å². The smallest absolute Gasteiger partial charge is 0.334 e. The summed E-state index contributed by atoms with van der Waals surface area (Å²) in [5, 5.41) is 0. The van der Waals surface area contributed by atoms with Gasteiger partial charge in [0.1, 0.15) is 5.75 Å². The fourth-order valence-corrected chi connectivity index (χ4v) is 1.56. The molecule has 0 bridgehead atoms. The van der Waals surface area contributed by atoms with Crippen molar-refractivity contribution < 1.29 is 14.3 Å². The molecule has 3 nitrogen and oxygen atoms in total. The van der Waals surface area contributed by atoms with Crippen LogP contribution in [0.4, 0.5) is 0 Å². The van der Waals surface area contributed by atoms with Gasteiger partial charge >= 0.3 is 5.97 Å². The lowest BCUT2D eigenvalue weighted by atomic mass is 10.0. The van der Waals surface area contributed by atoms with Crippen molar-refractivity contribution in [1.29, 1.82) is 0 Å². The van der Waals surface area contributed by atoms with Crippen LogP contribution >= 0.6 is 0 Å². The molecule has 0 N–H and O–H groups in total. The minimum atomic E-state index is -0.247. The molecule has 0 unspecified atom stereocenters. The number of benzene rings is 1. The van der Waals surface area contributed by atoms with E-state index >= 15 is 0 Å². The first-order valence-corrected chi connectivity index (χ1v) is 6.11. The van der Waals surface area contributed by atoms with Gasteiger partial charge in [0.05, 0.1) is 13.7 Å². The molecule has 0 fully saturated rings. The van der Waals surface area contributed by atoms with Crippen LogP contribution in [-0.4, -0.2) is 19.7 Å². The van der Waals surface area contributed by atoms with Crippen molar-refractivity contribution in [3.8, 4) is 5.75 Å². The zero-order valence-electron chi connectivity index (χ0n) is 11.4. The number of carbonyl (C=O) groups excluding carboxylic acids is 1. The molecule has 1 aromatic carbocycles. The molecule has 0 amide bonds. The molecule has 1 aromatic rings. The van der Waals surface area contributed by atoms with Crippen LogP contribution in [0.1, 0.15) is 26.3 Å². The minimum absolute atomic E-state index is 0.131. The third-order valence-corrected chi connectivity index (χ3v) is 2.57. The predicted octanol–water partition coefficient (Wildman–Crippen LogP) is 3.30. The van der Waals surface area contributed by atoms with Crippen LogP contribution < -0.4 is 4.74 Å². The van der Waals surface area contributed by atoms with E-state index in [4.69, 9.17) is 9.47 Å². The van der Waals surface area contributed by atoms with Gasteiger partial charge in [-0.3, -0.25) is 0 Å². The van der Waals surface area contributed by atoms with Crippen molar-refractivity contribution in [3.05, 3.63) is 35.4 Å². The Bertz CT molecular complexity index is 416. The summed E-state index contributed by atoms with van der Waals surface area (Å²) in [6.07, 6.45) is 1.86. The van der Waals surface area contributed by atoms with Gasteiger partial charge in [-0.25, -0.2) is 4.79 Å². The highest BCUT2D eigenvalue weighted by Crippen LogP contribution is 2.18. The van der Waals surface area contributed by atoms with Gasteiger partial charge in [-0.1, -0.05) is 26.0 Å². The Hall–Kier alpha value is -1.77. The molecule has 0 aliphatic heterocycles. The second-order valence-corrected chi connectivity index (χ2v) is 4.25. The van der Waals surface area contributed by atoms with Crippen LogP contribution in [0.25, 0.3) is 6.08 Å². The summed E-state index contributed by atoms with van der Waals surface area (Å²) >= 11 is 0. The van der Waals surface area contributed by atoms with Gasteiger partial charge in [0.15, 0.2) is 0 Å². The van der Waals surface area contributed by atoms with E-state index in [1.807, 2.05) is 51.1 Å². The monoisotopic (exact) mass is 248 g/mol. The normalized spacial score (nSPS) is 11.5. The zero-order chi connectivity index (χ0) is 13.5. The first kappa shape index (κ1) is 14.3. The molecule has 0 spiro atoms. The summed E-state index contributed by atoms with van der Waals surface area (Å²) < 4.78 is 10.1. The molecule has 1 rings (SSSR count). The lowest BCUT2D eigenvalue weighted by molar-refractivity contribution is -0.138. The maximum absolute atomic E-state index is 11.8. The van der Waals surface area contributed by atoms with Crippen molar-refractivity contribution in [3.63, 3.8) is 0 Å². The van der Waals surface area contributed by atoms with Crippen LogP contribution in [0.15, 0.2) is 29.8 Å². The van der Waals surface area contributed by atoms with Gasteiger partial charge in [0.25, 0.3) is 0 Å². The summed E-state index contributed by atoms with van der Waals surface area (Å²) in [5.74, 6) is 0.684. The molecule has 0 aliphatic carbocycles. The molecular weight excluding hydrogens is 228 g/mol. The van der Waals surface area contributed by atoms with E-state index in [0.717, 1.165) is 11.3 Å². The van der Waals surface area contributed by atoms with Crippen LogP contribution in [0, 0.1) is 5.92 Å². The van der Waals surface area contributed by atoms with E-state index in [1.54, 1.807) is 7.11 Å². The Morgan fingerprint density at radius 3 is 2.33 bits per heavy atom. The zero-order valence-corrected chi connectivity index (χ0v) is 11.4. The average Bonchev–Trinajstić information content (AvgIpc) is 2.36. The van der Waals surface area contributed by atoms with Gasteiger partial charge in [-0.2, -0.15) is 0 Å². The van der Waals surface area contributed by atoms with E-state index in [0.29, 0.717) is 12.2 Å². The van der Waals surface area contributed by atoms with E-state index in [2.05, 4.69) is 0 Å². The maximum Gasteiger partial charge on any atom is 0.334 e. The molecule has 0 heterocycles. The standard InChI is InChI=1S/C15H20O3/c1-5-18-15(16)14(11(2)3)10-12-6-8-13(17-4)9-7-12/h6-11H,5H2,1-4H3. The molecule has 0 aliphatic rings. The number of esters is 1. The van der Waals surface area contributed by atoms with E-state index in [-0.39, 0.29) is 11.9 Å². The number of rotatable bonds is 5. The molecule has 98 valence electrons. The van der Waals surface area contributed by atoms with Gasteiger partial charge in [0, 0.05) is 5.57 Å². The quantitative estimate of drug-likeness (QED) is 0.592. The highest BCUT2D eigenvalue weighted by Gasteiger charge is 2.14. The Balaban J connectivity index is 2.96. The lowest BCUT2D eigenvalue weighted by Gasteiger charge is -2.10. The molecule has 0 aromatic heterocycles. The molecule has 0 saturated heterocycles. The van der Waals surface area contributed by atoms with Gasteiger partial charge < -0.3 is 9.47 Å². The molecule has 18 heavy (non-hydrogen) atoms. The van der Waals surface area contributed by atoms with Crippen molar-refractivity contribution in [2.45, 2.75) is 20.8 Å². The van der Waals surface area contributed by atoms with Crippen LogP contribution in [0.2, 0.25) is 0 Å². The first-order chi connectivity index (χ1) is 8.58. The van der Waals surface area contributed by atoms with Gasteiger partial charge in [0.2, 0.25) is 0 Å². The fourth-order valence-electron chi connectivity index (χ4n) is 1.56. The lowest BCUT2D eigenvalue weighted by Crippen LogP contribution is -2.12. The van der Waals surface area contributed by atoms with E-state index in [1.165, 1.54) is 0 Å². The Morgan fingerprint density at radius 1 is 1.28 bits per heavy atom. The Kier molecular flexibility index (Phi) is 5.43. The molecular formula is C15H20O3. The largest absolute Gasteiger partial charge is 0.497 e. The third-order valence-electron chi connectivity index (χ3n) is 2.57. The predicted molar refractivity (Wildman–Crippen MR) is 72.4 cm³/mol. The number of hydrogen-bond acceptors (Lipinski definition) is 3. The molecule has 0 radical (unpaired) electrons. The highest BCUT2D eigenvalue weighted by molar-refractivity contribution is 5.94. The summed E-state index contributed by atoms with van der Waals surface area (Å²) in [6.45, 7) is 6.16. The number of carbonyl (C=O) groups is 1. The summed E-state index contributed by atoms with van der Waals surface area (Å²) in [7, 11) is 1.63. The van der Waals surface area contributed by atoms with Crippen molar-refractivity contribution in [2.24, 2.45) is 5.92 Å². The fraction of sp³-hybridized carbons (Fsp3) is 0.400. The first-order valence-electron chi connectivity index (χ1n) is 6.11. The van der Waals surface area contributed by atoms with Crippen molar-refractivity contribution in [2.75, 3.05) is 13.7 Å². The summed E-state index contributed by atoms with van der Waals surface area (Å²) in [5.41, 5.74) is 1.65. The summed E-state index contributed by atoms with van der Waals surface area (Å²) in [4.78, 5) is 11.8. The van der Waals surface area contributed by atoms with E-state index in [9.17, 15) is 4.79 Å². The van der Waals surface area contributed by atoms with Crippen LogP contribution in [0.3, 0.4) is 0 Å². The number of ether oxygens (including phenoxy) is 2. The minimum Gasteiger partial charge on any atom is -0.497 e.